The molecule has 5 nitrogen and oxygen atoms in total. The highest BCUT2D eigenvalue weighted by atomic mass is 16.5. The van der Waals surface area contributed by atoms with E-state index in [4.69, 9.17) is 4.74 Å². The van der Waals surface area contributed by atoms with Crippen LogP contribution in [0.4, 0.5) is 5.82 Å². The Kier molecular flexibility index (Phi) is 5.10. The lowest BCUT2D eigenvalue weighted by Gasteiger charge is -2.20. The number of hydrogen-bond acceptors (Lipinski definition) is 5. The zero-order valence-corrected chi connectivity index (χ0v) is 12.1. The molecule has 1 aromatic rings. The molecule has 106 valence electrons. The average molecular weight is 264 g/mol. The Hall–Kier alpha value is -1.20. The SMILES string of the molecule is CC(C)c1cncnc1NC[C@@H]1COCCN(C)C1. The molecule has 19 heavy (non-hydrogen) atoms. The Labute approximate surface area is 115 Å². The molecular formula is C14H24N4O. The molecule has 1 fully saturated rings. The monoisotopic (exact) mass is 264 g/mol. The van der Waals surface area contributed by atoms with Crippen molar-refractivity contribution in [2.24, 2.45) is 5.92 Å². The van der Waals surface area contributed by atoms with Crippen LogP contribution in [0.2, 0.25) is 0 Å². The predicted octanol–water partition coefficient (Wildman–Crippen LogP) is 1.59. The van der Waals surface area contributed by atoms with Gasteiger partial charge in [-0.2, -0.15) is 0 Å². The summed E-state index contributed by atoms with van der Waals surface area (Å²) in [6.07, 6.45) is 3.50. The second-order valence-electron chi connectivity index (χ2n) is 5.57. The molecule has 2 heterocycles. The first kappa shape index (κ1) is 14.2. The van der Waals surface area contributed by atoms with E-state index >= 15 is 0 Å². The van der Waals surface area contributed by atoms with E-state index in [9.17, 15) is 0 Å². The fourth-order valence-electron chi connectivity index (χ4n) is 2.33. The number of ether oxygens (including phenoxy) is 1. The molecule has 0 spiro atoms. The van der Waals surface area contributed by atoms with Crippen LogP contribution >= 0.6 is 0 Å². The van der Waals surface area contributed by atoms with Crippen molar-refractivity contribution in [1.82, 2.24) is 14.9 Å². The van der Waals surface area contributed by atoms with Gasteiger partial charge in [0.1, 0.15) is 12.1 Å². The highest BCUT2D eigenvalue weighted by Gasteiger charge is 2.17. The van der Waals surface area contributed by atoms with Crippen LogP contribution in [0.1, 0.15) is 25.3 Å². The molecule has 0 bridgehead atoms. The average Bonchev–Trinajstić information content (AvgIpc) is 2.61. The van der Waals surface area contributed by atoms with Crippen LogP contribution in [0.3, 0.4) is 0 Å². The van der Waals surface area contributed by atoms with Crippen molar-refractivity contribution >= 4 is 5.82 Å². The zero-order chi connectivity index (χ0) is 13.7. The molecule has 5 heteroatoms. The quantitative estimate of drug-likeness (QED) is 0.895. The Morgan fingerprint density at radius 3 is 3.16 bits per heavy atom. The van der Waals surface area contributed by atoms with Crippen LogP contribution in [0.15, 0.2) is 12.5 Å². The van der Waals surface area contributed by atoms with Gasteiger partial charge in [-0.25, -0.2) is 9.97 Å². The largest absolute Gasteiger partial charge is 0.380 e. The number of rotatable bonds is 4. The lowest BCUT2D eigenvalue weighted by atomic mass is 10.1. The topological polar surface area (TPSA) is 50.3 Å². The van der Waals surface area contributed by atoms with Gasteiger partial charge in [0, 0.05) is 37.3 Å². The normalized spacial score (nSPS) is 21.4. The van der Waals surface area contributed by atoms with Gasteiger partial charge in [-0.15, -0.1) is 0 Å². The maximum Gasteiger partial charge on any atom is 0.132 e. The summed E-state index contributed by atoms with van der Waals surface area (Å²) in [4.78, 5) is 10.8. The molecule has 1 saturated heterocycles. The molecule has 1 N–H and O–H groups in total. The second kappa shape index (κ2) is 6.82. The molecule has 1 aromatic heterocycles. The fourth-order valence-corrected chi connectivity index (χ4v) is 2.33. The third kappa shape index (κ3) is 4.14. The summed E-state index contributed by atoms with van der Waals surface area (Å²) in [5.74, 6) is 1.89. The maximum atomic E-state index is 5.63. The first-order valence-corrected chi connectivity index (χ1v) is 6.97. The number of aromatic nitrogens is 2. The fraction of sp³-hybridized carbons (Fsp3) is 0.714. The van der Waals surface area contributed by atoms with E-state index in [-0.39, 0.29) is 0 Å². The highest BCUT2D eigenvalue weighted by molar-refractivity contribution is 5.43. The Morgan fingerprint density at radius 1 is 1.53 bits per heavy atom. The van der Waals surface area contributed by atoms with Gasteiger partial charge in [0.2, 0.25) is 0 Å². The molecule has 0 saturated carbocycles. The third-order valence-corrected chi connectivity index (χ3v) is 3.46. The van der Waals surface area contributed by atoms with E-state index in [1.165, 1.54) is 5.56 Å². The van der Waals surface area contributed by atoms with Crippen molar-refractivity contribution in [3.05, 3.63) is 18.1 Å². The van der Waals surface area contributed by atoms with Crippen molar-refractivity contribution in [1.29, 1.82) is 0 Å². The maximum absolute atomic E-state index is 5.63. The van der Waals surface area contributed by atoms with Crippen LogP contribution < -0.4 is 5.32 Å². The van der Waals surface area contributed by atoms with E-state index in [1.807, 2.05) is 6.20 Å². The van der Waals surface area contributed by atoms with E-state index in [0.717, 1.165) is 38.7 Å². The van der Waals surface area contributed by atoms with Crippen LogP contribution in [-0.2, 0) is 4.74 Å². The molecule has 2 rings (SSSR count). The van der Waals surface area contributed by atoms with E-state index in [0.29, 0.717) is 11.8 Å². The van der Waals surface area contributed by atoms with Gasteiger partial charge >= 0.3 is 0 Å². The molecule has 0 unspecified atom stereocenters. The molecule has 1 atom stereocenters. The number of likely N-dealkylation sites (N-methyl/N-ethyl adjacent to an activating group) is 1. The van der Waals surface area contributed by atoms with E-state index in [2.05, 4.69) is 41.1 Å². The summed E-state index contributed by atoms with van der Waals surface area (Å²) in [6.45, 7) is 8.94. The number of nitrogens with one attached hydrogen (secondary N) is 1. The molecule has 0 aromatic carbocycles. The minimum atomic E-state index is 0.428. The van der Waals surface area contributed by atoms with Crippen LogP contribution in [0, 0.1) is 5.92 Å². The molecular weight excluding hydrogens is 240 g/mol. The van der Waals surface area contributed by atoms with Gasteiger partial charge in [0.25, 0.3) is 0 Å². The minimum Gasteiger partial charge on any atom is -0.380 e. The third-order valence-electron chi connectivity index (χ3n) is 3.46. The van der Waals surface area contributed by atoms with Gasteiger partial charge in [0.15, 0.2) is 0 Å². The molecule has 0 aliphatic carbocycles. The molecule has 1 aliphatic heterocycles. The summed E-state index contributed by atoms with van der Waals surface area (Å²) in [5, 5.41) is 3.45. The predicted molar refractivity (Wildman–Crippen MR) is 76.4 cm³/mol. The van der Waals surface area contributed by atoms with Crippen LogP contribution in [0.25, 0.3) is 0 Å². The lowest BCUT2D eigenvalue weighted by Crippen LogP contribution is -2.30. The van der Waals surface area contributed by atoms with Gasteiger partial charge in [-0.3, -0.25) is 0 Å². The first-order valence-electron chi connectivity index (χ1n) is 6.97. The first-order chi connectivity index (χ1) is 9.16. The van der Waals surface area contributed by atoms with Crippen LogP contribution in [0.5, 0.6) is 0 Å². The van der Waals surface area contributed by atoms with E-state index < -0.39 is 0 Å². The Balaban J connectivity index is 1.94. The Bertz CT molecular complexity index is 397. The minimum absolute atomic E-state index is 0.428. The number of hydrogen-bond donors (Lipinski definition) is 1. The Morgan fingerprint density at radius 2 is 2.37 bits per heavy atom. The van der Waals surface area contributed by atoms with Crippen molar-refractivity contribution < 1.29 is 4.74 Å². The molecule has 1 aliphatic rings. The lowest BCUT2D eigenvalue weighted by molar-refractivity contribution is 0.125. The second-order valence-corrected chi connectivity index (χ2v) is 5.57. The number of anilines is 1. The van der Waals surface area contributed by atoms with Gasteiger partial charge in [0.05, 0.1) is 13.2 Å². The summed E-state index contributed by atoms with van der Waals surface area (Å²) >= 11 is 0. The van der Waals surface area contributed by atoms with Crippen molar-refractivity contribution in [2.75, 3.05) is 45.2 Å². The van der Waals surface area contributed by atoms with Gasteiger partial charge in [-0.05, 0) is 13.0 Å². The zero-order valence-electron chi connectivity index (χ0n) is 12.1. The highest BCUT2D eigenvalue weighted by Crippen LogP contribution is 2.20. The summed E-state index contributed by atoms with van der Waals surface area (Å²) in [7, 11) is 2.14. The standard InChI is InChI=1S/C14H24N4O/c1-11(2)13-7-15-10-17-14(13)16-6-12-8-18(3)4-5-19-9-12/h7,10-12H,4-6,8-9H2,1-3H3,(H,15,16,17)/t12-/m0/s1. The van der Waals surface area contributed by atoms with Crippen molar-refractivity contribution in [3.8, 4) is 0 Å². The number of nitrogens with zero attached hydrogens (tertiary/aromatic N) is 3. The summed E-state index contributed by atoms with van der Waals surface area (Å²) in [6, 6.07) is 0. The summed E-state index contributed by atoms with van der Waals surface area (Å²) in [5.41, 5.74) is 1.17. The van der Waals surface area contributed by atoms with Gasteiger partial charge in [-0.1, -0.05) is 13.8 Å². The summed E-state index contributed by atoms with van der Waals surface area (Å²) < 4.78 is 5.63. The van der Waals surface area contributed by atoms with Gasteiger partial charge < -0.3 is 15.0 Å². The van der Waals surface area contributed by atoms with Crippen LogP contribution in [-0.4, -0.2) is 54.8 Å². The smallest absolute Gasteiger partial charge is 0.132 e. The molecule has 0 amide bonds. The van der Waals surface area contributed by atoms with Crippen molar-refractivity contribution in [3.63, 3.8) is 0 Å². The van der Waals surface area contributed by atoms with E-state index in [1.54, 1.807) is 6.33 Å². The molecule has 0 radical (unpaired) electrons. The van der Waals surface area contributed by atoms with Crippen molar-refractivity contribution in [2.45, 2.75) is 19.8 Å².